The lowest BCUT2D eigenvalue weighted by Crippen LogP contribution is -2.58. The molecule has 1 fully saturated rings. The average molecular weight is 543 g/mol. The third-order valence-electron chi connectivity index (χ3n) is 6.48. The molecule has 0 spiro atoms. The normalized spacial score (nSPS) is 25.8. The Bertz CT molecular complexity index is 1190. The first-order valence-corrected chi connectivity index (χ1v) is 11.9. The molecule has 4 unspecified atom stereocenters. The number of halogens is 6. The number of carbonyl (C=O) groups is 1. The van der Waals surface area contributed by atoms with Crippen molar-refractivity contribution in [3.05, 3.63) is 65.0 Å². The smallest absolute Gasteiger partial charge is 0.352 e. The Kier molecular flexibility index (Phi) is 7.50. The number of hydrogen-bond acceptors (Lipinski definition) is 6. The first kappa shape index (κ1) is 26.9. The van der Waals surface area contributed by atoms with Crippen LogP contribution < -0.4 is 5.32 Å². The van der Waals surface area contributed by atoms with E-state index < -0.39 is 54.4 Å². The molecule has 1 aliphatic heterocycles. The van der Waals surface area contributed by atoms with Crippen molar-refractivity contribution in [2.45, 2.75) is 44.3 Å². The highest BCUT2D eigenvalue weighted by molar-refractivity contribution is 6.31. The Morgan fingerprint density at radius 1 is 1.16 bits per heavy atom. The van der Waals surface area contributed by atoms with Crippen molar-refractivity contribution in [2.75, 3.05) is 18.4 Å². The number of hydrogen-bond donors (Lipinski definition) is 1. The molecule has 13 heteroatoms. The second-order valence-corrected chi connectivity index (χ2v) is 9.74. The summed E-state index contributed by atoms with van der Waals surface area (Å²) in [6, 6.07) is 0.902. The van der Waals surface area contributed by atoms with Crippen molar-refractivity contribution in [3.63, 3.8) is 0 Å². The molecule has 0 aromatic carbocycles. The SMILES string of the molecule is CC1C=C(Cl)C=C(C(=O)N2CC(F)(F)CC(C)C2CNc2ncc(C(F)(F)F)cn2)C1c1ncccn1. The lowest BCUT2D eigenvalue weighted by Gasteiger charge is -2.44. The molecule has 198 valence electrons. The number of likely N-dealkylation sites (tertiary alicyclic amines) is 1. The Hall–Kier alpha value is -3.15. The molecule has 0 saturated carbocycles. The molecule has 1 N–H and O–H groups in total. The fourth-order valence-electron chi connectivity index (χ4n) is 4.76. The minimum atomic E-state index is -4.59. The van der Waals surface area contributed by atoms with Gasteiger partial charge in [-0.1, -0.05) is 31.5 Å². The van der Waals surface area contributed by atoms with Crippen molar-refractivity contribution < 1.29 is 26.7 Å². The zero-order valence-electron chi connectivity index (χ0n) is 19.9. The van der Waals surface area contributed by atoms with Gasteiger partial charge in [-0.15, -0.1) is 0 Å². The van der Waals surface area contributed by atoms with E-state index in [4.69, 9.17) is 11.6 Å². The van der Waals surface area contributed by atoms with Gasteiger partial charge in [-0.05, 0) is 24.0 Å². The van der Waals surface area contributed by atoms with Gasteiger partial charge in [0.05, 0.1) is 24.1 Å². The van der Waals surface area contributed by atoms with Crippen LogP contribution in [-0.2, 0) is 11.0 Å². The van der Waals surface area contributed by atoms with Crippen LogP contribution in [0.25, 0.3) is 0 Å². The molecule has 4 rings (SSSR count). The number of anilines is 1. The van der Waals surface area contributed by atoms with Crippen LogP contribution in [0.1, 0.15) is 37.6 Å². The largest absolute Gasteiger partial charge is 0.419 e. The summed E-state index contributed by atoms with van der Waals surface area (Å²) in [5, 5.41) is 3.09. The number of carbonyl (C=O) groups excluding carboxylic acids is 1. The molecule has 1 amide bonds. The first-order valence-electron chi connectivity index (χ1n) is 11.5. The lowest BCUT2D eigenvalue weighted by atomic mass is 9.80. The van der Waals surface area contributed by atoms with Crippen molar-refractivity contribution in [1.82, 2.24) is 24.8 Å². The van der Waals surface area contributed by atoms with E-state index in [9.17, 15) is 26.7 Å². The Morgan fingerprint density at radius 3 is 2.43 bits per heavy atom. The van der Waals surface area contributed by atoms with E-state index in [1.165, 1.54) is 18.5 Å². The van der Waals surface area contributed by atoms with Crippen LogP contribution in [0.15, 0.2) is 53.6 Å². The molecule has 0 bridgehead atoms. The molecule has 2 aromatic heterocycles. The van der Waals surface area contributed by atoms with Gasteiger partial charge in [0.15, 0.2) is 0 Å². The maximum absolute atomic E-state index is 14.7. The van der Waals surface area contributed by atoms with Crippen LogP contribution in [0.2, 0.25) is 0 Å². The molecule has 0 radical (unpaired) electrons. The van der Waals surface area contributed by atoms with E-state index in [1.807, 2.05) is 6.92 Å². The summed E-state index contributed by atoms with van der Waals surface area (Å²) in [4.78, 5) is 30.8. The van der Waals surface area contributed by atoms with Crippen molar-refractivity contribution in [3.8, 4) is 0 Å². The van der Waals surface area contributed by atoms with Gasteiger partial charge in [0.1, 0.15) is 5.82 Å². The topological polar surface area (TPSA) is 83.9 Å². The maximum atomic E-state index is 14.7. The molecule has 7 nitrogen and oxygen atoms in total. The number of alkyl halides is 5. The number of nitrogens with one attached hydrogen (secondary N) is 1. The van der Waals surface area contributed by atoms with E-state index >= 15 is 0 Å². The summed E-state index contributed by atoms with van der Waals surface area (Å²) in [5.74, 6) is -5.05. The van der Waals surface area contributed by atoms with Crippen molar-refractivity contribution in [1.29, 1.82) is 0 Å². The molecule has 3 heterocycles. The van der Waals surface area contributed by atoms with Crippen LogP contribution in [0.3, 0.4) is 0 Å². The number of rotatable bonds is 5. The van der Waals surface area contributed by atoms with Crippen LogP contribution in [0.4, 0.5) is 27.9 Å². The predicted molar refractivity (Wildman–Crippen MR) is 126 cm³/mol. The van der Waals surface area contributed by atoms with Gasteiger partial charge in [0.2, 0.25) is 5.95 Å². The van der Waals surface area contributed by atoms with Gasteiger partial charge in [0, 0.05) is 48.4 Å². The molecule has 1 aliphatic carbocycles. The van der Waals surface area contributed by atoms with E-state index in [2.05, 4.69) is 25.3 Å². The zero-order valence-corrected chi connectivity index (χ0v) is 20.6. The van der Waals surface area contributed by atoms with E-state index in [-0.39, 0.29) is 24.0 Å². The van der Waals surface area contributed by atoms with Crippen molar-refractivity contribution >= 4 is 23.5 Å². The first-order chi connectivity index (χ1) is 17.4. The lowest BCUT2D eigenvalue weighted by molar-refractivity contribution is -0.148. The number of piperidine rings is 1. The van der Waals surface area contributed by atoms with Gasteiger partial charge in [-0.2, -0.15) is 13.2 Å². The molecular weight excluding hydrogens is 519 g/mol. The fourth-order valence-corrected chi connectivity index (χ4v) is 5.08. The van der Waals surface area contributed by atoms with Gasteiger partial charge in [-0.25, -0.2) is 28.7 Å². The van der Waals surface area contributed by atoms with Gasteiger partial charge in [0.25, 0.3) is 11.8 Å². The number of aromatic nitrogens is 4. The zero-order chi connectivity index (χ0) is 27.0. The Morgan fingerprint density at radius 2 is 1.81 bits per heavy atom. The summed E-state index contributed by atoms with van der Waals surface area (Å²) in [6.45, 7) is 2.55. The Labute approximate surface area is 214 Å². The van der Waals surface area contributed by atoms with Crippen LogP contribution in [0.5, 0.6) is 0 Å². The number of allylic oxidation sites excluding steroid dienone is 3. The Balaban J connectivity index is 1.61. The molecule has 37 heavy (non-hydrogen) atoms. The van der Waals surface area contributed by atoms with E-state index in [0.717, 1.165) is 4.90 Å². The van der Waals surface area contributed by atoms with Crippen LogP contribution in [-0.4, -0.2) is 55.8 Å². The fraction of sp³-hybridized carbons (Fsp3) is 0.458. The van der Waals surface area contributed by atoms with E-state index in [0.29, 0.717) is 23.3 Å². The predicted octanol–water partition coefficient (Wildman–Crippen LogP) is 5.05. The summed E-state index contributed by atoms with van der Waals surface area (Å²) < 4.78 is 67.8. The molecule has 1 saturated heterocycles. The van der Waals surface area contributed by atoms with E-state index in [1.54, 1.807) is 19.1 Å². The van der Waals surface area contributed by atoms with Crippen LogP contribution in [0, 0.1) is 11.8 Å². The minimum Gasteiger partial charge on any atom is -0.352 e. The third-order valence-corrected chi connectivity index (χ3v) is 6.71. The second-order valence-electron chi connectivity index (χ2n) is 9.31. The molecule has 4 atom stereocenters. The highest BCUT2D eigenvalue weighted by Gasteiger charge is 2.47. The van der Waals surface area contributed by atoms with Gasteiger partial charge >= 0.3 is 6.18 Å². The summed E-state index contributed by atoms with van der Waals surface area (Å²) >= 11 is 6.27. The maximum Gasteiger partial charge on any atom is 0.419 e. The van der Waals surface area contributed by atoms with Crippen molar-refractivity contribution in [2.24, 2.45) is 11.8 Å². The second kappa shape index (κ2) is 10.3. The average Bonchev–Trinajstić information content (AvgIpc) is 2.82. The third kappa shape index (κ3) is 6.06. The quantitative estimate of drug-likeness (QED) is 0.532. The molecule has 2 aliphatic rings. The standard InChI is InChI=1S/C24H24ClF5N6O/c1-13-6-16(25)7-17(19(13)20-31-4-3-5-32-20)21(37)36-12-23(26,27)8-14(2)18(36)11-35-22-33-9-15(10-34-22)24(28,29)30/h3-7,9-10,13-14,18-19H,8,11-12H2,1-2H3,(H,33,34,35). The van der Waals surface area contributed by atoms with Gasteiger partial charge < -0.3 is 10.2 Å². The number of amides is 1. The van der Waals surface area contributed by atoms with Gasteiger partial charge in [-0.3, -0.25) is 4.79 Å². The minimum absolute atomic E-state index is 0.0484. The monoisotopic (exact) mass is 542 g/mol. The highest BCUT2D eigenvalue weighted by atomic mass is 35.5. The summed E-state index contributed by atoms with van der Waals surface area (Å²) in [5.41, 5.74) is -0.829. The summed E-state index contributed by atoms with van der Waals surface area (Å²) in [7, 11) is 0. The highest BCUT2D eigenvalue weighted by Crippen LogP contribution is 2.41. The summed E-state index contributed by atoms with van der Waals surface area (Å²) in [6.07, 6.45) is 2.46. The molecular formula is C24H24ClF5N6O. The molecule has 2 aromatic rings. The van der Waals surface area contributed by atoms with Crippen LogP contribution >= 0.6 is 11.6 Å². The number of nitrogens with zero attached hydrogens (tertiary/aromatic N) is 5.